The molecule has 0 fully saturated rings. The topological polar surface area (TPSA) is 49.1 Å². The number of hydrogen-bond acceptors (Lipinski definition) is 6. The van der Waals surface area contributed by atoms with Crippen LogP contribution in [0.2, 0.25) is 0 Å². The average Bonchev–Trinajstić information content (AvgIpc) is 3.19. The van der Waals surface area contributed by atoms with E-state index < -0.39 is 11.6 Å². The van der Waals surface area contributed by atoms with Crippen LogP contribution in [0.1, 0.15) is 22.5 Å². The van der Waals surface area contributed by atoms with Crippen LogP contribution >= 0.6 is 0 Å². The van der Waals surface area contributed by atoms with Crippen LogP contribution in [0.25, 0.3) is 5.57 Å². The number of fused-ring (bicyclic) bond motifs is 1. The van der Waals surface area contributed by atoms with Crippen molar-refractivity contribution in [3.63, 3.8) is 0 Å². The van der Waals surface area contributed by atoms with Gasteiger partial charge in [-0.15, -0.1) is 0 Å². The molecule has 3 heterocycles. The number of allylic oxidation sites excluding steroid dienone is 2. The molecular weight excluding hydrogens is 426 g/mol. The number of likely N-dealkylation sites (N-methyl/N-ethyl adjacent to an activating group) is 2. The zero-order valence-corrected chi connectivity index (χ0v) is 19.9. The first-order chi connectivity index (χ1) is 15.7. The van der Waals surface area contributed by atoms with Gasteiger partial charge < -0.3 is 14.5 Å². The van der Waals surface area contributed by atoms with Gasteiger partial charge in [-0.3, -0.25) is 9.69 Å². The third kappa shape index (κ3) is 4.37. The third-order valence-electron chi connectivity index (χ3n) is 6.04. The first-order valence-electron chi connectivity index (χ1n) is 10.9. The Hall–Kier alpha value is -3.20. The van der Waals surface area contributed by atoms with E-state index in [4.69, 9.17) is 4.74 Å². The Kier molecular flexibility index (Phi) is 6.25. The summed E-state index contributed by atoms with van der Waals surface area (Å²) in [5.41, 5.74) is 4.23. The summed E-state index contributed by atoms with van der Waals surface area (Å²) >= 11 is 0. The van der Waals surface area contributed by atoms with E-state index in [1.54, 1.807) is 6.07 Å². The Balaban J connectivity index is 1.61. The van der Waals surface area contributed by atoms with E-state index in [9.17, 15) is 8.78 Å². The maximum absolute atomic E-state index is 14.9. The highest BCUT2D eigenvalue weighted by atomic mass is 19.2. The normalized spacial score (nSPS) is 17.5. The van der Waals surface area contributed by atoms with Crippen LogP contribution in [0.3, 0.4) is 0 Å². The zero-order valence-electron chi connectivity index (χ0n) is 19.9. The standard InChI is InChI=1S/C24H30F2N6O/c1-15-18(16(2)30(5)27-15)11-12-33-24-19(8-9-20(25)23(24)26)17-7-10-22-31(6)28-21(14-29(3)4)32(22)13-17/h7-10,13,22H,11-12,14H2,1-6H3. The largest absolute Gasteiger partial charge is 0.489 e. The van der Waals surface area contributed by atoms with Crippen molar-refractivity contribution in [2.45, 2.75) is 26.4 Å². The summed E-state index contributed by atoms with van der Waals surface area (Å²) in [5, 5.41) is 10.9. The molecule has 0 radical (unpaired) electrons. The average molecular weight is 457 g/mol. The number of hydrazone groups is 1. The summed E-state index contributed by atoms with van der Waals surface area (Å²) in [7, 11) is 7.76. The predicted octanol–water partition coefficient (Wildman–Crippen LogP) is 3.30. The summed E-state index contributed by atoms with van der Waals surface area (Å²) in [4.78, 5) is 4.08. The lowest BCUT2D eigenvalue weighted by Gasteiger charge is -2.29. The molecule has 1 atom stereocenters. The molecule has 0 N–H and O–H groups in total. The highest BCUT2D eigenvalue weighted by molar-refractivity contribution is 5.90. The third-order valence-corrected chi connectivity index (χ3v) is 6.04. The van der Waals surface area contributed by atoms with E-state index in [0.29, 0.717) is 18.5 Å². The number of nitrogens with zero attached hydrogens (tertiary/aromatic N) is 6. The van der Waals surface area contributed by atoms with Crippen molar-refractivity contribution in [3.8, 4) is 5.75 Å². The van der Waals surface area contributed by atoms with E-state index >= 15 is 0 Å². The molecule has 2 aromatic rings. The van der Waals surface area contributed by atoms with Crippen LogP contribution in [-0.2, 0) is 13.5 Å². The van der Waals surface area contributed by atoms with Crippen LogP contribution in [-0.4, -0.2) is 70.9 Å². The van der Waals surface area contributed by atoms with Gasteiger partial charge in [0.1, 0.15) is 12.0 Å². The molecule has 2 aliphatic rings. The monoisotopic (exact) mass is 456 g/mol. The van der Waals surface area contributed by atoms with E-state index in [1.807, 2.05) is 79.9 Å². The Morgan fingerprint density at radius 2 is 1.91 bits per heavy atom. The van der Waals surface area contributed by atoms with Crippen LogP contribution in [0.5, 0.6) is 5.75 Å². The summed E-state index contributed by atoms with van der Waals surface area (Å²) in [5.74, 6) is -1.12. The van der Waals surface area contributed by atoms with Crippen molar-refractivity contribution in [3.05, 3.63) is 64.6 Å². The van der Waals surface area contributed by atoms with Gasteiger partial charge in [0, 0.05) is 43.5 Å². The molecule has 0 saturated carbocycles. The molecule has 176 valence electrons. The lowest BCUT2D eigenvalue weighted by atomic mass is 10.0. The lowest BCUT2D eigenvalue weighted by molar-refractivity contribution is 0.239. The Bertz CT molecular complexity index is 1150. The Labute approximate surface area is 193 Å². The van der Waals surface area contributed by atoms with Gasteiger partial charge in [-0.1, -0.05) is 6.08 Å². The molecule has 0 aliphatic carbocycles. The molecule has 1 aromatic carbocycles. The van der Waals surface area contributed by atoms with Gasteiger partial charge in [0.2, 0.25) is 5.82 Å². The van der Waals surface area contributed by atoms with Crippen molar-refractivity contribution >= 4 is 11.4 Å². The molecule has 0 saturated heterocycles. The second kappa shape index (κ2) is 8.97. The van der Waals surface area contributed by atoms with Crippen molar-refractivity contribution in [1.82, 2.24) is 24.6 Å². The van der Waals surface area contributed by atoms with E-state index in [0.717, 1.165) is 34.4 Å². The molecule has 33 heavy (non-hydrogen) atoms. The molecule has 1 unspecified atom stereocenters. The number of halogens is 2. The first kappa shape index (κ1) is 23.0. The minimum Gasteiger partial charge on any atom is -0.489 e. The maximum Gasteiger partial charge on any atom is 0.201 e. The van der Waals surface area contributed by atoms with Crippen LogP contribution in [0.4, 0.5) is 8.78 Å². The molecule has 1 aromatic heterocycles. The number of benzene rings is 1. The van der Waals surface area contributed by atoms with Gasteiger partial charge in [0.05, 0.1) is 18.8 Å². The van der Waals surface area contributed by atoms with Crippen LogP contribution in [0.15, 0.2) is 35.6 Å². The highest BCUT2D eigenvalue weighted by Crippen LogP contribution is 2.35. The van der Waals surface area contributed by atoms with Gasteiger partial charge in [-0.2, -0.15) is 14.6 Å². The molecule has 2 aliphatic heterocycles. The number of hydrogen-bond donors (Lipinski definition) is 0. The summed E-state index contributed by atoms with van der Waals surface area (Å²) < 4.78 is 36.7. The van der Waals surface area contributed by atoms with Gasteiger partial charge in [0.25, 0.3) is 0 Å². The van der Waals surface area contributed by atoms with Crippen molar-refractivity contribution in [2.75, 3.05) is 34.3 Å². The van der Waals surface area contributed by atoms with E-state index in [1.165, 1.54) is 0 Å². The molecule has 0 amide bonds. The fourth-order valence-electron chi connectivity index (χ4n) is 4.27. The lowest BCUT2D eigenvalue weighted by Crippen LogP contribution is -2.40. The minimum atomic E-state index is -0.982. The zero-order chi connectivity index (χ0) is 23.9. The second-order valence-corrected chi connectivity index (χ2v) is 8.70. The van der Waals surface area contributed by atoms with Crippen molar-refractivity contribution in [2.24, 2.45) is 12.1 Å². The molecule has 7 nitrogen and oxygen atoms in total. The molecule has 9 heteroatoms. The Morgan fingerprint density at radius 3 is 2.58 bits per heavy atom. The maximum atomic E-state index is 14.9. The first-order valence-corrected chi connectivity index (χ1v) is 10.9. The van der Waals surface area contributed by atoms with Crippen molar-refractivity contribution < 1.29 is 13.5 Å². The summed E-state index contributed by atoms with van der Waals surface area (Å²) in [6.45, 7) is 4.78. The number of aryl methyl sites for hydroxylation is 2. The van der Waals surface area contributed by atoms with E-state index in [2.05, 4.69) is 10.2 Å². The van der Waals surface area contributed by atoms with Gasteiger partial charge in [-0.05, 0) is 51.7 Å². The van der Waals surface area contributed by atoms with Gasteiger partial charge in [-0.25, -0.2) is 4.39 Å². The van der Waals surface area contributed by atoms with Gasteiger partial charge in [0.15, 0.2) is 11.6 Å². The van der Waals surface area contributed by atoms with Crippen molar-refractivity contribution in [1.29, 1.82) is 0 Å². The molecular formula is C24H30F2N6O. The van der Waals surface area contributed by atoms with Crippen LogP contribution in [0, 0.1) is 25.5 Å². The number of ether oxygens (including phenoxy) is 1. The smallest absolute Gasteiger partial charge is 0.201 e. The molecule has 0 spiro atoms. The predicted molar refractivity (Wildman–Crippen MR) is 125 cm³/mol. The van der Waals surface area contributed by atoms with E-state index in [-0.39, 0.29) is 18.5 Å². The minimum absolute atomic E-state index is 0.0464. The fraction of sp³-hybridized carbons (Fsp3) is 0.417. The fourth-order valence-corrected chi connectivity index (χ4v) is 4.27. The second-order valence-electron chi connectivity index (χ2n) is 8.70. The molecule has 0 bridgehead atoms. The van der Waals surface area contributed by atoms with Gasteiger partial charge >= 0.3 is 0 Å². The molecule has 4 rings (SSSR count). The highest BCUT2D eigenvalue weighted by Gasteiger charge is 2.32. The SMILES string of the molecule is Cc1nn(C)c(C)c1CCOc1c(C2=CN3C(CN(C)C)=NN(C)C3C=C2)ccc(F)c1F. The number of amidine groups is 1. The van der Waals surface area contributed by atoms with Crippen LogP contribution < -0.4 is 4.74 Å². The number of rotatable bonds is 7. The summed E-state index contributed by atoms with van der Waals surface area (Å²) in [6.07, 6.45) is 6.32. The quantitative estimate of drug-likeness (QED) is 0.640. The summed E-state index contributed by atoms with van der Waals surface area (Å²) in [6, 6.07) is 2.70. The number of aromatic nitrogens is 2. The Morgan fingerprint density at radius 1 is 1.15 bits per heavy atom.